The minimum absolute atomic E-state index is 0.129. The maximum atomic E-state index is 12.9. The molecule has 1 saturated heterocycles. The molecule has 3 aromatic carbocycles. The number of esters is 1. The molecular formula is C29H31NO5. The number of methoxy groups -OCH3 is 1. The summed E-state index contributed by atoms with van der Waals surface area (Å²) >= 11 is 0. The van der Waals surface area contributed by atoms with E-state index in [-0.39, 0.29) is 30.6 Å². The first-order valence-corrected chi connectivity index (χ1v) is 11.9. The lowest BCUT2D eigenvalue weighted by Gasteiger charge is -2.23. The average Bonchev–Trinajstić information content (AvgIpc) is 3.13. The lowest BCUT2D eigenvalue weighted by Crippen LogP contribution is -2.31. The highest BCUT2D eigenvalue weighted by atomic mass is 16.6. The average molecular weight is 474 g/mol. The molecule has 0 saturated carbocycles. The van der Waals surface area contributed by atoms with Gasteiger partial charge in [-0.05, 0) is 55.2 Å². The molecule has 2 atom stereocenters. The van der Waals surface area contributed by atoms with Crippen LogP contribution in [0.2, 0.25) is 0 Å². The van der Waals surface area contributed by atoms with Gasteiger partial charge in [0, 0.05) is 5.56 Å². The summed E-state index contributed by atoms with van der Waals surface area (Å²) in [6, 6.07) is 21.5. The Kier molecular flexibility index (Phi) is 7.39. The van der Waals surface area contributed by atoms with Crippen molar-refractivity contribution in [2.75, 3.05) is 13.7 Å². The van der Waals surface area contributed by atoms with E-state index in [4.69, 9.17) is 14.2 Å². The first-order chi connectivity index (χ1) is 16.9. The second-order valence-corrected chi connectivity index (χ2v) is 8.76. The fourth-order valence-electron chi connectivity index (χ4n) is 4.56. The fraction of sp³-hybridized carbons (Fsp3) is 0.310. The molecule has 0 bridgehead atoms. The van der Waals surface area contributed by atoms with Crippen LogP contribution in [0.25, 0.3) is 11.1 Å². The van der Waals surface area contributed by atoms with Crippen molar-refractivity contribution in [2.45, 2.75) is 45.9 Å². The van der Waals surface area contributed by atoms with Gasteiger partial charge in [-0.1, -0.05) is 60.2 Å². The number of carbonyl (C=O) groups excluding carboxylic acids is 2. The predicted molar refractivity (Wildman–Crippen MR) is 134 cm³/mol. The van der Waals surface area contributed by atoms with Gasteiger partial charge < -0.3 is 14.2 Å². The lowest BCUT2D eigenvalue weighted by molar-refractivity contribution is -0.142. The molecule has 35 heavy (non-hydrogen) atoms. The Morgan fingerprint density at radius 3 is 2.51 bits per heavy atom. The predicted octanol–water partition coefficient (Wildman–Crippen LogP) is 5.86. The van der Waals surface area contributed by atoms with Crippen LogP contribution >= 0.6 is 0 Å². The van der Waals surface area contributed by atoms with E-state index in [1.54, 1.807) is 18.9 Å². The zero-order chi connectivity index (χ0) is 24.9. The van der Waals surface area contributed by atoms with Gasteiger partial charge in [0.05, 0.1) is 32.7 Å². The molecule has 0 aromatic heterocycles. The molecule has 1 aliphatic heterocycles. The number of benzene rings is 3. The third-order valence-electron chi connectivity index (χ3n) is 6.33. The van der Waals surface area contributed by atoms with Crippen LogP contribution < -0.4 is 4.74 Å². The minimum Gasteiger partial charge on any atom is -0.496 e. The summed E-state index contributed by atoms with van der Waals surface area (Å²) in [6.07, 6.45) is -0.471. The molecule has 1 aliphatic rings. The van der Waals surface area contributed by atoms with Crippen molar-refractivity contribution in [3.05, 3.63) is 89.0 Å². The summed E-state index contributed by atoms with van der Waals surface area (Å²) < 4.78 is 16.5. The summed E-state index contributed by atoms with van der Waals surface area (Å²) in [5.41, 5.74) is 5.70. The normalized spacial score (nSPS) is 17.3. The quantitative estimate of drug-likeness (QED) is 0.384. The maximum Gasteiger partial charge on any atom is 0.411 e. The van der Waals surface area contributed by atoms with Gasteiger partial charge in [0.1, 0.15) is 11.9 Å². The number of nitrogens with zero attached hydrogens (tertiary/aromatic N) is 1. The van der Waals surface area contributed by atoms with Gasteiger partial charge in [0.15, 0.2) is 0 Å². The summed E-state index contributed by atoms with van der Waals surface area (Å²) in [7, 11) is 1.63. The van der Waals surface area contributed by atoms with E-state index in [0.29, 0.717) is 18.9 Å². The van der Waals surface area contributed by atoms with Gasteiger partial charge in [0.25, 0.3) is 0 Å². The molecule has 0 radical (unpaired) electrons. The Balaban J connectivity index is 1.67. The molecular weight excluding hydrogens is 442 g/mol. The number of hydrogen-bond acceptors (Lipinski definition) is 5. The summed E-state index contributed by atoms with van der Waals surface area (Å²) in [4.78, 5) is 26.7. The Labute approximate surface area is 206 Å². The van der Waals surface area contributed by atoms with Crippen LogP contribution in [0, 0.1) is 6.92 Å². The van der Waals surface area contributed by atoms with Gasteiger partial charge >= 0.3 is 12.1 Å². The SMILES string of the molecule is CCOC(=O)Cc1ccc(OC)c(-c2ccc(C)cc2CN2C(=O)O[C@H](c3ccccc3)[C@@H]2C)c1. The molecule has 182 valence electrons. The first kappa shape index (κ1) is 24.3. The summed E-state index contributed by atoms with van der Waals surface area (Å²) in [5.74, 6) is 0.426. The highest BCUT2D eigenvalue weighted by molar-refractivity contribution is 5.78. The Morgan fingerprint density at radius 1 is 1.03 bits per heavy atom. The Bertz CT molecular complexity index is 1210. The second-order valence-electron chi connectivity index (χ2n) is 8.76. The first-order valence-electron chi connectivity index (χ1n) is 11.9. The molecule has 0 spiro atoms. The van der Waals surface area contributed by atoms with Crippen molar-refractivity contribution in [1.82, 2.24) is 4.90 Å². The highest BCUT2D eigenvalue weighted by Crippen LogP contribution is 2.38. The highest BCUT2D eigenvalue weighted by Gasteiger charge is 2.39. The fourth-order valence-corrected chi connectivity index (χ4v) is 4.56. The van der Waals surface area contributed by atoms with Crippen LogP contribution in [-0.4, -0.2) is 36.7 Å². The van der Waals surface area contributed by atoms with Crippen molar-refractivity contribution in [3.63, 3.8) is 0 Å². The molecule has 0 N–H and O–H groups in total. The minimum atomic E-state index is -0.332. The van der Waals surface area contributed by atoms with Gasteiger partial charge in [-0.3, -0.25) is 9.69 Å². The second kappa shape index (κ2) is 10.6. The zero-order valence-electron chi connectivity index (χ0n) is 20.6. The van der Waals surface area contributed by atoms with Crippen molar-refractivity contribution in [2.24, 2.45) is 0 Å². The van der Waals surface area contributed by atoms with Crippen LogP contribution in [-0.2, 0) is 27.2 Å². The Morgan fingerprint density at radius 2 is 1.80 bits per heavy atom. The molecule has 6 heteroatoms. The molecule has 6 nitrogen and oxygen atoms in total. The van der Waals surface area contributed by atoms with E-state index in [1.165, 1.54) is 0 Å². The smallest absolute Gasteiger partial charge is 0.411 e. The molecule has 0 aliphatic carbocycles. The molecule has 1 fully saturated rings. The summed E-state index contributed by atoms with van der Waals surface area (Å²) in [5, 5.41) is 0. The number of rotatable bonds is 8. The van der Waals surface area contributed by atoms with Crippen molar-refractivity contribution in [3.8, 4) is 16.9 Å². The van der Waals surface area contributed by atoms with Crippen LogP contribution in [0.3, 0.4) is 0 Å². The van der Waals surface area contributed by atoms with Crippen LogP contribution in [0.5, 0.6) is 5.75 Å². The maximum absolute atomic E-state index is 12.9. The number of amides is 1. The van der Waals surface area contributed by atoms with E-state index in [1.807, 2.05) is 74.5 Å². The number of hydrogen-bond donors (Lipinski definition) is 0. The number of aryl methyl sites for hydroxylation is 1. The monoisotopic (exact) mass is 473 g/mol. The van der Waals surface area contributed by atoms with E-state index in [2.05, 4.69) is 6.07 Å². The Hall–Kier alpha value is -3.80. The van der Waals surface area contributed by atoms with Gasteiger partial charge in [-0.25, -0.2) is 4.79 Å². The lowest BCUT2D eigenvalue weighted by atomic mass is 9.94. The van der Waals surface area contributed by atoms with Crippen LogP contribution in [0.1, 0.15) is 42.2 Å². The standard InChI is InChI=1S/C29H31NO5/c1-5-34-27(31)17-21-12-14-26(33-4)25(16-21)24-13-11-19(2)15-23(24)18-30-20(3)28(35-29(30)32)22-9-7-6-8-10-22/h6-16,20,28H,5,17-18H2,1-4H3/t20-,28-/m0/s1. The topological polar surface area (TPSA) is 65.1 Å². The molecule has 4 rings (SSSR count). The summed E-state index contributed by atoms with van der Waals surface area (Å²) in [6.45, 7) is 6.57. The molecule has 1 heterocycles. The van der Waals surface area contributed by atoms with Crippen molar-refractivity contribution >= 4 is 12.1 Å². The van der Waals surface area contributed by atoms with Crippen LogP contribution in [0.15, 0.2) is 66.7 Å². The van der Waals surface area contributed by atoms with Crippen molar-refractivity contribution in [1.29, 1.82) is 0 Å². The largest absolute Gasteiger partial charge is 0.496 e. The van der Waals surface area contributed by atoms with E-state index < -0.39 is 0 Å². The van der Waals surface area contributed by atoms with Crippen LogP contribution in [0.4, 0.5) is 4.79 Å². The number of cyclic esters (lactones) is 1. The zero-order valence-corrected chi connectivity index (χ0v) is 20.6. The molecule has 0 unspecified atom stereocenters. The third kappa shape index (κ3) is 5.32. The number of ether oxygens (including phenoxy) is 3. The molecule has 1 amide bonds. The van der Waals surface area contributed by atoms with E-state index in [9.17, 15) is 9.59 Å². The van der Waals surface area contributed by atoms with E-state index >= 15 is 0 Å². The third-order valence-corrected chi connectivity index (χ3v) is 6.33. The van der Waals surface area contributed by atoms with Gasteiger partial charge in [-0.2, -0.15) is 0 Å². The number of carbonyl (C=O) groups is 2. The van der Waals surface area contributed by atoms with E-state index in [0.717, 1.165) is 33.4 Å². The molecule has 3 aromatic rings. The van der Waals surface area contributed by atoms with Gasteiger partial charge in [0.2, 0.25) is 0 Å². The van der Waals surface area contributed by atoms with Gasteiger partial charge in [-0.15, -0.1) is 0 Å². The van der Waals surface area contributed by atoms with Crippen molar-refractivity contribution < 1.29 is 23.8 Å².